The first-order valence-corrected chi connectivity index (χ1v) is 16.3. The van der Waals surface area contributed by atoms with E-state index in [1.165, 1.54) is 31.4 Å². The number of sulfonamides is 1. The lowest BCUT2D eigenvalue weighted by molar-refractivity contribution is -0.124. The largest absolute Gasteiger partial charge is 0.495 e. The first-order valence-electron chi connectivity index (χ1n) is 18.8. The smallest absolute Gasteiger partial charge is 0.274 e. The molecule has 2 aliphatic heterocycles. The first-order chi connectivity index (χ1) is 24.4. The minimum absolute atomic E-state index is 0.125. The maximum absolute atomic E-state index is 14.5. The van der Waals surface area contributed by atoms with Gasteiger partial charge in [-0.1, -0.05) is 0 Å². The van der Waals surface area contributed by atoms with Gasteiger partial charge in [0.25, 0.3) is 21.8 Å². The average Bonchev–Trinajstić information content (AvgIpc) is 3.28. The minimum atomic E-state index is -4.60. The highest BCUT2D eigenvalue weighted by atomic mass is 32.2. The van der Waals surface area contributed by atoms with Gasteiger partial charge in [-0.15, -0.1) is 0 Å². The molecule has 2 amide bonds. The molecule has 0 bridgehead atoms. The van der Waals surface area contributed by atoms with Crippen molar-refractivity contribution in [1.82, 2.24) is 10.2 Å². The number of carbonyl (C=O) groups excluding carboxylic acids is 2. The van der Waals surface area contributed by atoms with E-state index in [1.54, 1.807) is 39.8 Å². The number of nitrogens with zero attached hydrogens (tertiary/aromatic N) is 2. The lowest BCUT2D eigenvalue weighted by atomic mass is 9.69. The number of morpholine rings is 1. The summed E-state index contributed by atoms with van der Waals surface area (Å²) in [6, 6.07) is 8.66. The van der Waals surface area contributed by atoms with E-state index in [1.807, 2.05) is 0 Å². The molecule has 0 atom stereocenters. The van der Waals surface area contributed by atoms with Gasteiger partial charge in [-0.05, 0) is 95.3 Å². The predicted octanol–water partition coefficient (Wildman–Crippen LogP) is 3.89. The van der Waals surface area contributed by atoms with Gasteiger partial charge >= 0.3 is 0 Å². The molecule has 12 heteroatoms. The third-order valence-corrected chi connectivity index (χ3v) is 9.69. The highest BCUT2D eigenvalue weighted by molar-refractivity contribution is 7.93. The van der Waals surface area contributed by atoms with Crippen molar-refractivity contribution in [2.24, 2.45) is 0 Å². The van der Waals surface area contributed by atoms with Gasteiger partial charge in [-0.25, -0.2) is 12.7 Å². The zero-order valence-corrected chi connectivity index (χ0v) is 26.9. The molecule has 11 nitrogen and oxygen atoms in total. The average molecular weight is 652 g/mol. The Kier molecular flexibility index (Phi) is 7.09. The highest BCUT2D eigenvalue weighted by Crippen LogP contribution is 2.53. The van der Waals surface area contributed by atoms with E-state index in [-0.39, 0.29) is 54.2 Å². The molecule has 45 heavy (non-hydrogen) atoms. The Balaban J connectivity index is 1.40. The zero-order valence-electron chi connectivity index (χ0n) is 34.1. The van der Waals surface area contributed by atoms with Gasteiger partial charge in [0.2, 0.25) is 0 Å². The molecule has 2 fully saturated rings. The minimum Gasteiger partial charge on any atom is -0.495 e. The molecule has 1 N–H and O–H groups in total. The number of hydrogen-bond acceptors (Lipinski definition) is 9. The molecule has 3 aliphatic rings. The van der Waals surface area contributed by atoms with Crippen molar-refractivity contribution in [2.45, 2.75) is 75.3 Å². The summed E-state index contributed by atoms with van der Waals surface area (Å²) in [4.78, 5) is 27.5. The van der Waals surface area contributed by atoms with Crippen molar-refractivity contribution in [3.63, 3.8) is 0 Å². The normalized spacial score (nSPS) is 26.2. The molecule has 1 saturated heterocycles. The van der Waals surface area contributed by atoms with E-state index in [9.17, 15) is 18.0 Å². The first kappa shape index (κ1) is 24.0. The third-order valence-electron chi connectivity index (χ3n) is 7.96. The van der Waals surface area contributed by atoms with Crippen LogP contribution in [0.2, 0.25) is 0 Å². The van der Waals surface area contributed by atoms with Gasteiger partial charge in [0.15, 0.2) is 0 Å². The number of rotatable bonds is 10. The molecule has 0 radical (unpaired) electrons. The van der Waals surface area contributed by atoms with Crippen LogP contribution in [0, 0.1) is 0 Å². The van der Waals surface area contributed by atoms with Crippen molar-refractivity contribution in [3.05, 3.63) is 47.5 Å². The molecule has 0 aromatic heterocycles. The fourth-order valence-electron chi connectivity index (χ4n) is 5.89. The number of ether oxygens (including phenoxy) is 4. The summed E-state index contributed by atoms with van der Waals surface area (Å²) >= 11 is 0. The second kappa shape index (κ2) is 13.3. The number of amides is 2. The lowest BCUT2D eigenvalue weighted by Gasteiger charge is -2.36. The summed E-state index contributed by atoms with van der Waals surface area (Å²) in [6.07, 6.45) is 0.291. The fourth-order valence-corrected chi connectivity index (χ4v) is 7.53. The molecular formula is C33H45N3O8S. The van der Waals surface area contributed by atoms with Crippen LogP contribution < -0.4 is 19.1 Å². The summed E-state index contributed by atoms with van der Waals surface area (Å²) in [5.41, 5.74) is -1.08. The van der Waals surface area contributed by atoms with Crippen LogP contribution >= 0.6 is 0 Å². The Bertz CT molecular complexity index is 1840. The SMILES string of the molecule is [2H]C1([2H])OC([2H])([2H])C([2H])([2H])N(CCOC2CCC3(CC2)C(=O)N(S(=O)(=O)c2ccc(C(=O)NC(C)(C)C)cc2OC)c2ccc(OCC)cc23)C1([2H])[2H]. The van der Waals surface area contributed by atoms with E-state index in [0.717, 1.165) is 4.31 Å². The van der Waals surface area contributed by atoms with E-state index in [4.69, 9.17) is 25.2 Å². The summed E-state index contributed by atoms with van der Waals surface area (Å²) in [5.74, 6) is -0.806. The van der Waals surface area contributed by atoms with E-state index in [0.29, 0.717) is 22.8 Å². The number of methoxy groups -OCH3 is 1. The van der Waals surface area contributed by atoms with Gasteiger partial charge in [0.05, 0.1) is 56.1 Å². The molecule has 1 spiro atoms. The van der Waals surface area contributed by atoms with Crippen molar-refractivity contribution in [3.8, 4) is 11.5 Å². The van der Waals surface area contributed by atoms with E-state index < -0.39 is 71.6 Å². The van der Waals surface area contributed by atoms with E-state index >= 15 is 0 Å². The van der Waals surface area contributed by atoms with Crippen LogP contribution in [0.25, 0.3) is 0 Å². The second-order valence-corrected chi connectivity index (χ2v) is 13.8. The van der Waals surface area contributed by atoms with Crippen LogP contribution in [0.1, 0.15) is 80.3 Å². The van der Waals surface area contributed by atoms with Gasteiger partial charge in [0.1, 0.15) is 16.4 Å². The summed E-state index contributed by atoms with van der Waals surface area (Å²) in [5, 5.41) is 2.82. The van der Waals surface area contributed by atoms with Crippen LogP contribution in [-0.4, -0.2) is 89.8 Å². The maximum atomic E-state index is 14.5. The number of carbonyl (C=O) groups is 2. The highest BCUT2D eigenvalue weighted by Gasteiger charge is 2.56. The Labute approximate surface area is 277 Å². The van der Waals surface area contributed by atoms with Crippen molar-refractivity contribution < 1.29 is 47.9 Å². The topological polar surface area (TPSA) is 124 Å². The van der Waals surface area contributed by atoms with Crippen LogP contribution in [0.4, 0.5) is 5.69 Å². The maximum Gasteiger partial charge on any atom is 0.274 e. The third kappa shape index (κ3) is 6.84. The van der Waals surface area contributed by atoms with Gasteiger partial charge in [0, 0.05) is 36.1 Å². The van der Waals surface area contributed by atoms with Crippen molar-refractivity contribution in [1.29, 1.82) is 0 Å². The molecule has 0 unspecified atom stereocenters. The number of hydrogen-bond donors (Lipinski definition) is 1. The molecular weight excluding hydrogens is 598 g/mol. The van der Waals surface area contributed by atoms with Crippen LogP contribution in [-0.2, 0) is 29.7 Å². The fraction of sp³-hybridized carbons (Fsp3) is 0.576. The number of nitrogens with one attached hydrogen (secondary N) is 1. The Hall–Kier alpha value is -3.19. The molecule has 2 heterocycles. The molecule has 5 rings (SSSR count). The molecule has 2 aromatic carbocycles. The van der Waals surface area contributed by atoms with Gasteiger partial charge < -0.3 is 24.3 Å². The molecule has 2 aromatic rings. The quantitative estimate of drug-likeness (QED) is 0.408. The zero-order chi connectivity index (χ0) is 39.6. The van der Waals surface area contributed by atoms with Crippen molar-refractivity contribution in [2.75, 3.05) is 57.3 Å². The Morgan fingerprint density at radius 2 is 1.84 bits per heavy atom. The standard InChI is InChI=1S/C33H45N3O8S/c1-6-43-25-8-9-27-26(22-25)33(13-11-24(12-14-33)44-20-17-35-15-18-42-19-16-35)31(38)36(27)45(39,40)29-10-7-23(21-28(29)41-5)30(37)34-32(2,3)4/h7-10,21-22,24H,6,11-20H2,1-5H3,(H,34,37)/i15D2,16D2,18D2,19D2. The van der Waals surface area contributed by atoms with Crippen molar-refractivity contribution >= 4 is 27.5 Å². The van der Waals surface area contributed by atoms with Gasteiger partial charge in [-0.2, -0.15) is 0 Å². The van der Waals surface area contributed by atoms with Crippen LogP contribution in [0.15, 0.2) is 41.3 Å². The Morgan fingerprint density at radius 3 is 2.49 bits per heavy atom. The number of fused-ring (bicyclic) bond motifs is 2. The van der Waals surface area contributed by atoms with Crippen LogP contribution in [0.5, 0.6) is 11.5 Å². The summed E-state index contributed by atoms with van der Waals surface area (Å²) in [7, 11) is -3.33. The summed E-state index contributed by atoms with van der Waals surface area (Å²) < 4.78 is 116. The number of anilines is 1. The molecule has 246 valence electrons. The number of benzene rings is 2. The lowest BCUT2D eigenvalue weighted by Crippen LogP contribution is -2.46. The van der Waals surface area contributed by atoms with Gasteiger partial charge in [-0.3, -0.25) is 14.5 Å². The molecule has 1 saturated carbocycles. The van der Waals surface area contributed by atoms with E-state index in [2.05, 4.69) is 10.1 Å². The molecule has 1 aliphatic carbocycles. The Morgan fingerprint density at radius 1 is 1.13 bits per heavy atom. The van der Waals surface area contributed by atoms with Crippen LogP contribution in [0.3, 0.4) is 0 Å². The predicted molar refractivity (Wildman–Crippen MR) is 170 cm³/mol. The monoisotopic (exact) mass is 651 g/mol. The summed E-state index contributed by atoms with van der Waals surface area (Å²) in [6.45, 7) is -5.71. The second-order valence-electron chi connectivity index (χ2n) is 12.1.